The normalized spacial score (nSPS) is 34.9. The first-order valence-electron chi connectivity index (χ1n) is 6.79. The first-order valence-corrected chi connectivity index (χ1v) is 6.79. The fourth-order valence-electron chi connectivity index (χ4n) is 2.99. The Balaban J connectivity index is 1.79. The number of hydrogen-bond acceptors (Lipinski definition) is 3. The highest BCUT2D eigenvalue weighted by Gasteiger charge is 2.29. The Bertz CT molecular complexity index is 202. The minimum absolute atomic E-state index is 0.151. The lowest BCUT2D eigenvalue weighted by Crippen LogP contribution is -2.46. The van der Waals surface area contributed by atoms with Gasteiger partial charge in [0.1, 0.15) is 0 Å². The molecule has 2 fully saturated rings. The molecule has 0 spiro atoms. The van der Waals surface area contributed by atoms with Crippen LogP contribution in [0.1, 0.15) is 45.4 Å². The largest absolute Gasteiger partial charge is 0.389 e. The first-order chi connectivity index (χ1) is 7.77. The average molecular weight is 227 g/mol. The van der Waals surface area contributed by atoms with Gasteiger partial charge in [0, 0.05) is 6.04 Å². The monoisotopic (exact) mass is 227 g/mol. The Morgan fingerprint density at radius 2 is 1.81 bits per heavy atom. The van der Waals surface area contributed by atoms with Crippen LogP contribution in [0.15, 0.2) is 0 Å². The van der Waals surface area contributed by atoms with Gasteiger partial charge in [0.05, 0.1) is 25.4 Å². The first kappa shape index (κ1) is 12.3. The summed E-state index contributed by atoms with van der Waals surface area (Å²) in [5.41, 5.74) is 0. The van der Waals surface area contributed by atoms with Crippen LogP contribution in [0.25, 0.3) is 0 Å². The van der Waals surface area contributed by atoms with Gasteiger partial charge in [-0.3, -0.25) is 0 Å². The predicted octanol–water partition coefficient (Wildman–Crippen LogP) is 1.69. The summed E-state index contributed by atoms with van der Waals surface area (Å²) >= 11 is 0. The molecule has 1 heterocycles. The van der Waals surface area contributed by atoms with E-state index in [-0.39, 0.29) is 12.1 Å². The number of aliphatic hydroxyl groups is 1. The standard InChI is InChI=1S/C13H25NO2/c1-10(11-6-4-2-3-5-7-11)14-12-8-16-9-13(12)15/h10-15H,2-9H2,1H3/t10-,12?,13?/m0/s1. The molecule has 94 valence electrons. The molecule has 0 radical (unpaired) electrons. The Kier molecular flexibility index (Phi) is 4.62. The van der Waals surface area contributed by atoms with E-state index in [9.17, 15) is 5.11 Å². The third kappa shape index (κ3) is 3.19. The van der Waals surface area contributed by atoms with Crippen molar-refractivity contribution in [1.29, 1.82) is 0 Å². The van der Waals surface area contributed by atoms with Crippen LogP contribution in [-0.2, 0) is 4.74 Å². The van der Waals surface area contributed by atoms with E-state index in [2.05, 4.69) is 12.2 Å². The summed E-state index contributed by atoms with van der Waals surface area (Å²) in [6.07, 6.45) is 7.93. The zero-order valence-corrected chi connectivity index (χ0v) is 10.3. The molecule has 1 aliphatic carbocycles. The molecule has 1 saturated carbocycles. The molecule has 2 aliphatic rings. The van der Waals surface area contributed by atoms with Crippen LogP contribution in [0.4, 0.5) is 0 Å². The molecule has 0 bridgehead atoms. The van der Waals surface area contributed by atoms with E-state index >= 15 is 0 Å². The van der Waals surface area contributed by atoms with Gasteiger partial charge >= 0.3 is 0 Å². The van der Waals surface area contributed by atoms with Gasteiger partial charge in [0.25, 0.3) is 0 Å². The van der Waals surface area contributed by atoms with Crippen molar-refractivity contribution < 1.29 is 9.84 Å². The van der Waals surface area contributed by atoms with Crippen LogP contribution >= 0.6 is 0 Å². The Labute approximate surface area is 98.6 Å². The minimum atomic E-state index is -0.312. The molecule has 0 aromatic carbocycles. The van der Waals surface area contributed by atoms with Crippen LogP contribution in [0, 0.1) is 5.92 Å². The molecular formula is C13H25NO2. The Hall–Kier alpha value is -0.120. The zero-order chi connectivity index (χ0) is 11.4. The molecule has 2 unspecified atom stereocenters. The van der Waals surface area contributed by atoms with Crippen LogP contribution in [0.5, 0.6) is 0 Å². The van der Waals surface area contributed by atoms with Gasteiger partial charge in [0.2, 0.25) is 0 Å². The van der Waals surface area contributed by atoms with E-state index in [1.165, 1.54) is 38.5 Å². The summed E-state index contributed by atoms with van der Waals surface area (Å²) < 4.78 is 5.27. The van der Waals surface area contributed by atoms with E-state index in [1.807, 2.05) is 0 Å². The average Bonchev–Trinajstić information content (AvgIpc) is 2.57. The lowest BCUT2D eigenvalue weighted by Gasteiger charge is -2.27. The summed E-state index contributed by atoms with van der Waals surface area (Å²) in [7, 11) is 0. The molecule has 3 heteroatoms. The second-order valence-electron chi connectivity index (χ2n) is 5.42. The van der Waals surface area contributed by atoms with Gasteiger partial charge in [-0.25, -0.2) is 0 Å². The van der Waals surface area contributed by atoms with E-state index in [0.717, 1.165) is 5.92 Å². The molecule has 0 aromatic heterocycles. The van der Waals surface area contributed by atoms with Crippen LogP contribution in [0.3, 0.4) is 0 Å². The van der Waals surface area contributed by atoms with E-state index < -0.39 is 0 Å². The predicted molar refractivity (Wildman–Crippen MR) is 64.4 cm³/mol. The Morgan fingerprint density at radius 1 is 1.12 bits per heavy atom. The van der Waals surface area contributed by atoms with Crippen LogP contribution in [0.2, 0.25) is 0 Å². The summed E-state index contributed by atoms with van der Waals surface area (Å²) in [5.74, 6) is 0.787. The topological polar surface area (TPSA) is 41.5 Å². The second-order valence-corrected chi connectivity index (χ2v) is 5.42. The highest BCUT2D eigenvalue weighted by molar-refractivity contribution is 4.85. The Morgan fingerprint density at radius 3 is 2.38 bits per heavy atom. The van der Waals surface area contributed by atoms with Crippen molar-refractivity contribution in [3.63, 3.8) is 0 Å². The molecule has 3 nitrogen and oxygen atoms in total. The number of aliphatic hydroxyl groups excluding tert-OH is 1. The maximum atomic E-state index is 9.70. The van der Waals surface area contributed by atoms with E-state index in [0.29, 0.717) is 19.3 Å². The van der Waals surface area contributed by atoms with Crippen LogP contribution in [-0.4, -0.2) is 36.5 Å². The fraction of sp³-hybridized carbons (Fsp3) is 1.00. The smallest absolute Gasteiger partial charge is 0.0948 e. The second kappa shape index (κ2) is 5.99. The van der Waals surface area contributed by atoms with Crippen molar-refractivity contribution in [2.75, 3.05) is 13.2 Å². The lowest BCUT2D eigenvalue weighted by atomic mass is 9.92. The lowest BCUT2D eigenvalue weighted by molar-refractivity contribution is 0.120. The zero-order valence-electron chi connectivity index (χ0n) is 10.3. The molecule has 16 heavy (non-hydrogen) atoms. The van der Waals surface area contributed by atoms with Crippen molar-refractivity contribution >= 4 is 0 Å². The van der Waals surface area contributed by atoms with Crippen molar-refractivity contribution in [3.8, 4) is 0 Å². The fourth-order valence-corrected chi connectivity index (χ4v) is 2.99. The highest BCUT2D eigenvalue weighted by Crippen LogP contribution is 2.26. The summed E-state index contributed by atoms with van der Waals surface area (Å²) in [6, 6.07) is 0.665. The van der Waals surface area contributed by atoms with E-state index in [1.54, 1.807) is 0 Å². The van der Waals surface area contributed by atoms with Crippen LogP contribution < -0.4 is 5.32 Å². The quantitative estimate of drug-likeness (QED) is 0.721. The van der Waals surface area contributed by atoms with Gasteiger partial charge in [-0.05, 0) is 25.7 Å². The maximum Gasteiger partial charge on any atom is 0.0948 e. The number of nitrogens with one attached hydrogen (secondary N) is 1. The van der Waals surface area contributed by atoms with Crippen molar-refractivity contribution in [1.82, 2.24) is 5.32 Å². The molecule has 2 rings (SSSR count). The molecule has 2 N–H and O–H groups in total. The van der Waals surface area contributed by atoms with Crippen molar-refractivity contribution in [2.45, 2.75) is 63.6 Å². The van der Waals surface area contributed by atoms with Crippen molar-refractivity contribution in [3.05, 3.63) is 0 Å². The highest BCUT2D eigenvalue weighted by atomic mass is 16.5. The number of hydrogen-bond donors (Lipinski definition) is 2. The minimum Gasteiger partial charge on any atom is -0.389 e. The van der Waals surface area contributed by atoms with Gasteiger partial charge in [-0.15, -0.1) is 0 Å². The molecule has 1 saturated heterocycles. The molecule has 3 atom stereocenters. The SMILES string of the molecule is C[C@H](NC1COCC1O)C1CCCCCC1. The van der Waals surface area contributed by atoms with Gasteiger partial charge in [0.15, 0.2) is 0 Å². The number of ether oxygens (including phenoxy) is 1. The summed E-state index contributed by atoms with van der Waals surface area (Å²) in [6.45, 7) is 3.42. The number of rotatable bonds is 3. The summed E-state index contributed by atoms with van der Waals surface area (Å²) in [5, 5.41) is 13.3. The third-order valence-corrected chi connectivity index (χ3v) is 4.13. The molecule has 0 amide bonds. The van der Waals surface area contributed by atoms with Gasteiger partial charge < -0.3 is 15.2 Å². The van der Waals surface area contributed by atoms with E-state index in [4.69, 9.17) is 4.74 Å². The maximum absolute atomic E-state index is 9.70. The molecular weight excluding hydrogens is 202 g/mol. The summed E-state index contributed by atoms with van der Waals surface area (Å²) in [4.78, 5) is 0. The third-order valence-electron chi connectivity index (χ3n) is 4.13. The molecule has 1 aliphatic heterocycles. The van der Waals surface area contributed by atoms with Gasteiger partial charge in [-0.2, -0.15) is 0 Å². The van der Waals surface area contributed by atoms with Gasteiger partial charge in [-0.1, -0.05) is 25.7 Å². The molecule has 0 aromatic rings. The van der Waals surface area contributed by atoms with Crippen molar-refractivity contribution in [2.24, 2.45) is 5.92 Å².